The Bertz CT molecular complexity index is 361. The second-order valence-electron chi connectivity index (χ2n) is 3.30. The summed E-state index contributed by atoms with van der Waals surface area (Å²) in [5.74, 6) is 0.196. The predicted octanol–water partition coefficient (Wildman–Crippen LogP) is 2.87. The molecule has 1 aromatic carbocycles. The zero-order valence-electron chi connectivity index (χ0n) is 8.91. The quantitative estimate of drug-likeness (QED) is 0.635. The predicted molar refractivity (Wildman–Crippen MR) is 66.3 cm³/mol. The number of rotatable bonds is 3. The normalized spacial score (nSPS) is 10.2. The lowest BCUT2D eigenvalue weighted by Gasteiger charge is -2.11. The summed E-state index contributed by atoms with van der Waals surface area (Å²) in [6.45, 7) is 3.64. The Labute approximate surface area is 103 Å². The molecular formula is C11H13IO3. The molecular weight excluding hydrogens is 307 g/mol. The molecule has 0 bridgehead atoms. The fourth-order valence-corrected chi connectivity index (χ4v) is 1.61. The monoisotopic (exact) mass is 320 g/mol. The maximum absolute atomic E-state index is 11.7. The molecule has 0 radical (unpaired) electrons. The van der Waals surface area contributed by atoms with E-state index in [0.29, 0.717) is 11.3 Å². The minimum atomic E-state index is -0.347. The molecule has 0 amide bonds. The van der Waals surface area contributed by atoms with Gasteiger partial charge in [0.2, 0.25) is 0 Å². The molecule has 82 valence electrons. The fraction of sp³-hybridized carbons (Fsp3) is 0.364. The minimum Gasteiger partial charge on any atom is -0.496 e. The van der Waals surface area contributed by atoms with Gasteiger partial charge >= 0.3 is 5.97 Å². The SMILES string of the molecule is COc1ccc(I)cc1C(=O)OC(C)C. The molecule has 0 aliphatic carbocycles. The molecule has 0 N–H and O–H groups in total. The van der Waals surface area contributed by atoms with Crippen molar-refractivity contribution in [2.75, 3.05) is 7.11 Å². The van der Waals surface area contributed by atoms with E-state index in [4.69, 9.17) is 9.47 Å². The van der Waals surface area contributed by atoms with Crippen LogP contribution in [0.15, 0.2) is 18.2 Å². The van der Waals surface area contributed by atoms with E-state index in [0.717, 1.165) is 3.57 Å². The molecule has 0 aromatic heterocycles. The molecule has 0 saturated heterocycles. The third kappa shape index (κ3) is 3.37. The lowest BCUT2D eigenvalue weighted by atomic mass is 10.2. The first-order valence-corrected chi connectivity index (χ1v) is 5.67. The van der Waals surface area contributed by atoms with Gasteiger partial charge in [-0.1, -0.05) is 0 Å². The number of hydrogen-bond donors (Lipinski definition) is 0. The lowest BCUT2D eigenvalue weighted by molar-refractivity contribution is 0.0374. The van der Waals surface area contributed by atoms with Crippen LogP contribution >= 0.6 is 22.6 Å². The Kier molecular flexibility index (Phi) is 4.38. The van der Waals surface area contributed by atoms with E-state index >= 15 is 0 Å². The van der Waals surface area contributed by atoms with Gasteiger partial charge in [0.15, 0.2) is 0 Å². The van der Waals surface area contributed by atoms with Crippen molar-refractivity contribution in [1.82, 2.24) is 0 Å². The summed E-state index contributed by atoms with van der Waals surface area (Å²) in [7, 11) is 1.54. The number of carbonyl (C=O) groups is 1. The molecule has 1 rings (SSSR count). The van der Waals surface area contributed by atoms with E-state index in [1.165, 1.54) is 7.11 Å². The number of ether oxygens (including phenoxy) is 2. The first-order chi connectivity index (χ1) is 7.04. The number of esters is 1. The molecule has 0 unspecified atom stereocenters. The van der Waals surface area contributed by atoms with E-state index in [1.807, 2.05) is 19.9 Å². The van der Waals surface area contributed by atoms with Gasteiger partial charge in [-0.3, -0.25) is 0 Å². The number of halogens is 1. The standard InChI is InChI=1S/C11H13IO3/c1-7(2)15-11(13)9-6-8(12)4-5-10(9)14-3/h4-7H,1-3H3. The first-order valence-electron chi connectivity index (χ1n) is 4.59. The molecule has 0 saturated carbocycles. The zero-order valence-corrected chi connectivity index (χ0v) is 11.1. The second kappa shape index (κ2) is 5.34. The zero-order chi connectivity index (χ0) is 11.4. The van der Waals surface area contributed by atoms with E-state index in [9.17, 15) is 4.79 Å². The Hall–Kier alpha value is -0.780. The van der Waals surface area contributed by atoms with E-state index in [1.54, 1.807) is 12.1 Å². The maximum Gasteiger partial charge on any atom is 0.342 e. The van der Waals surface area contributed by atoms with Crippen molar-refractivity contribution in [3.05, 3.63) is 27.3 Å². The Balaban J connectivity index is 3.00. The van der Waals surface area contributed by atoms with Crippen LogP contribution in [0, 0.1) is 3.57 Å². The van der Waals surface area contributed by atoms with Gasteiger partial charge in [0.25, 0.3) is 0 Å². The van der Waals surface area contributed by atoms with E-state index in [-0.39, 0.29) is 12.1 Å². The van der Waals surface area contributed by atoms with Crippen molar-refractivity contribution < 1.29 is 14.3 Å². The lowest BCUT2D eigenvalue weighted by Crippen LogP contribution is -2.12. The molecule has 1 aromatic rings. The fourth-order valence-electron chi connectivity index (χ4n) is 1.12. The average Bonchev–Trinajstić information content (AvgIpc) is 2.16. The highest BCUT2D eigenvalue weighted by Crippen LogP contribution is 2.22. The largest absolute Gasteiger partial charge is 0.496 e. The van der Waals surface area contributed by atoms with E-state index < -0.39 is 0 Å². The maximum atomic E-state index is 11.7. The van der Waals surface area contributed by atoms with Gasteiger partial charge in [-0.2, -0.15) is 0 Å². The number of benzene rings is 1. The van der Waals surface area contributed by atoms with Crippen LogP contribution < -0.4 is 4.74 Å². The summed E-state index contributed by atoms with van der Waals surface area (Å²) in [5.41, 5.74) is 0.470. The third-order valence-corrected chi connectivity index (χ3v) is 2.40. The molecule has 0 aliphatic heterocycles. The van der Waals surface area contributed by atoms with Crippen LogP contribution in [0.1, 0.15) is 24.2 Å². The summed E-state index contributed by atoms with van der Waals surface area (Å²) < 4.78 is 11.2. The van der Waals surface area contributed by atoms with Crippen molar-refractivity contribution >= 4 is 28.6 Å². The van der Waals surface area contributed by atoms with Crippen molar-refractivity contribution in [2.45, 2.75) is 20.0 Å². The number of carbonyl (C=O) groups excluding carboxylic acids is 1. The van der Waals surface area contributed by atoms with Gasteiger partial charge in [-0.05, 0) is 54.6 Å². The molecule has 3 nitrogen and oxygen atoms in total. The Morgan fingerprint density at radius 1 is 1.40 bits per heavy atom. The van der Waals surface area contributed by atoms with Crippen molar-refractivity contribution in [1.29, 1.82) is 0 Å². The van der Waals surface area contributed by atoms with Crippen LogP contribution in [0.25, 0.3) is 0 Å². The van der Waals surface area contributed by atoms with Crippen LogP contribution in [0.2, 0.25) is 0 Å². The number of methoxy groups -OCH3 is 1. The highest BCUT2D eigenvalue weighted by molar-refractivity contribution is 14.1. The van der Waals surface area contributed by atoms with Gasteiger partial charge in [-0.15, -0.1) is 0 Å². The first kappa shape index (κ1) is 12.3. The molecule has 0 spiro atoms. The number of hydrogen-bond acceptors (Lipinski definition) is 3. The van der Waals surface area contributed by atoms with Gasteiger partial charge in [0, 0.05) is 3.57 Å². The van der Waals surface area contributed by atoms with Crippen LogP contribution in [-0.2, 0) is 4.74 Å². The van der Waals surface area contributed by atoms with Crippen LogP contribution in [0.5, 0.6) is 5.75 Å². The minimum absolute atomic E-state index is 0.125. The van der Waals surface area contributed by atoms with Crippen LogP contribution in [-0.4, -0.2) is 19.2 Å². The summed E-state index contributed by atoms with van der Waals surface area (Å²) >= 11 is 2.14. The molecule has 0 aliphatic rings. The van der Waals surface area contributed by atoms with Crippen molar-refractivity contribution in [3.8, 4) is 5.75 Å². The van der Waals surface area contributed by atoms with Crippen LogP contribution in [0.4, 0.5) is 0 Å². The Morgan fingerprint density at radius 3 is 2.60 bits per heavy atom. The molecule has 0 heterocycles. The summed E-state index contributed by atoms with van der Waals surface area (Å²) in [6, 6.07) is 5.40. The van der Waals surface area contributed by atoms with Gasteiger partial charge in [0.1, 0.15) is 11.3 Å². The average molecular weight is 320 g/mol. The molecule has 0 fully saturated rings. The van der Waals surface area contributed by atoms with Gasteiger partial charge in [-0.25, -0.2) is 4.79 Å². The second-order valence-corrected chi connectivity index (χ2v) is 4.54. The molecule has 15 heavy (non-hydrogen) atoms. The highest BCUT2D eigenvalue weighted by atomic mass is 127. The summed E-state index contributed by atoms with van der Waals surface area (Å²) in [4.78, 5) is 11.7. The smallest absolute Gasteiger partial charge is 0.342 e. The topological polar surface area (TPSA) is 35.5 Å². The van der Waals surface area contributed by atoms with Gasteiger partial charge in [0.05, 0.1) is 13.2 Å². The molecule has 0 atom stereocenters. The molecule has 4 heteroatoms. The van der Waals surface area contributed by atoms with Crippen molar-refractivity contribution in [3.63, 3.8) is 0 Å². The summed E-state index contributed by atoms with van der Waals surface area (Å²) in [6.07, 6.45) is -0.125. The van der Waals surface area contributed by atoms with Crippen molar-refractivity contribution in [2.24, 2.45) is 0 Å². The third-order valence-electron chi connectivity index (χ3n) is 1.72. The van der Waals surface area contributed by atoms with Crippen LogP contribution in [0.3, 0.4) is 0 Å². The highest BCUT2D eigenvalue weighted by Gasteiger charge is 2.15. The Morgan fingerprint density at radius 2 is 2.07 bits per heavy atom. The summed E-state index contributed by atoms with van der Waals surface area (Å²) in [5, 5.41) is 0. The van der Waals surface area contributed by atoms with Gasteiger partial charge < -0.3 is 9.47 Å². The van der Waals surface area contributed by atoms with E-state index in [2.05, 4.69) is 22.6 Å².